The van der Waals surface area contributed by atoms with E-state index in [-0.39, 0.29) is 12.3 Å². The van der Waals surface area contributed by atoms with Gasteiger partial charge < -0.3 is 5.32 Å². The highest BCUT2D eigenvalue weighted by Gasteiger charge is 2.07. The third-order valence-electron chi connectivity index (χ3n) is 2.38. The summed E-state index contributed by atoms with van der Waals surface area (Å²) in [5.41, 5.74) is 1.20. The topological polar surface area (TPSA) is 57.8 Å². The van der Waals surface area contributed by atoms with E-state index in [2.05, 4.69) is 15.5 Å². The van der Waals surface area contributed by atoms with Gasteiger partial charge in [-0.05, 0) is 23.8 Å². The van der Waals surface area contributed by atoms with Gasteiger partial charge in [-0.3, -0.25) is 9.89 Å². The second-order valence-electron chi connectivity index (χ2n) is 3.78. The number of carbonyl (C=O) groups excluding carboxylic acids is 1. The van der Waals surface area contributed by atoms with Crippen molar-refractivity contribution in [1.82, 2.24) is 15.5 Å². The zero-order valence-electron chi connectivity index (χ0n) is 9.41. The van der Waals surface area contributed by atoms with E-state index in [1.807, 2.05) is 0 Å². The zero-order chi connectivity index (χ0) is 13.0. The minimum Gasteiger partial charge on any atom is -0.350 e. The number of nitrogens with one attached hydrogen (secondary N) is 2. The molecule has 4 nitrogen and oxygen atoms in total. The third kappa shape index (κ3) is 3.13. The van der Waals surface area contributed by atoms with Gasteiger partial charge in [0.2, 0.25) is 5.91 Å². The zero-order valence-corrected chi connectivity index (χ0v) is 9.41. The molecule has 1 amide bonds. The summed E-state index contributed by atoms with van der Waals surface area (Å²) in [4.78, 5) is 11.5. The average molecular weight is 251 g/mol. The van der Waals surface area contributed by atoms with Crippen LogP contribution in [0.4, 0.5) is 8.78 Å². The summed E-state index contributed by atoms with van der Waals surface area (Å²) in [6, 6.07) is 5.14. The Hall–Kier alpha value is -2.24. The van der Waals surface area contributed by atoms with Crippen LogP contribution in [0, 0.1) is 11.6 Å². The van der Waals surface area contributed by atoms with Crippen molar-refractivity contribution >= 4 is 5.91 Å². The predicted octanol–water partition coefficient (Wildman–Crippen LogP) is 1.55. The molecule has 0 saturated carbocycles. The average Bonchev–Trinajstić information content (AvgIpc) is 2.84. The van der Waals surface area contributed by atoms with Crippen LogP contribution in [-0.4, -0.2) is 16.1 Å². The lowest BCUT2D eigenvalue weighted by molar-refractivity contribution is -0.120. The molecule has 2 rings (SSSR count). The number of benzene rings is 1. The molecule has 1 aromatic carbocycles. The molecule has 0 spiro atoms. The second kappa shape index (κ2) is 5.39. The molecule has 0 fully saturated rings. The van der Waals surface area contributed by atoms with E-state index in [1.54, 1.807) is 12.3 Å². The molecule has 6 heteroatoms. The molecule has 2 aromatic rings. The smallest absolute Gasteiger partial charge is 0.224 e. The van der Waals surface area contributed by atoms with E-state index in [9.17, 15) is 13.6 Å². The van der Waals surface area contributed by atoms with E-state index < -0.39 is 11.6 Å². The van der Waals surface area contributed by atoms with E-state index in [0.29, 0.717) is 12.1 Å². The lowest BCUT2D eigenvalue weighted by Crippen LogP contribution is -2.24. The molecule has 0 saturated heterocycles. The summed E-state index contributed by atoms with van der Waals surface area (Å²) >= 11 is 0. The quantitative estimate of drug-likeness (QED) is 0.866. The van der Waals surface area contributed by atoms with Crippen molar-refractivity contribution in [2.75, 3.05) is 0 Å². The molecule has 94 valence electrons. The van der Waals surface area contributed by atoms with Gasteiger partial charge in [0.05, 0.1) is 18.7 Å². The third-order valence-corrected chi connectivity index (χ3v) is 2.38. The largest absolute Gasteiger partial charge is 0.350 e. The highest BCUT2D eigenvalue weighted by molar-refractivity contribution is 5.78. The molecule has 0 unspecified atom stereocenters. The van der Waals surface area contributed by atoms with Crippen LogP contribution in [-0.2, 0) is 17.8 Å². The maximum atomic E-state index is 12.9. The van der Waals surface area contributed by atoms with Crippen molar-refractivity contribution < 1.29 is 13.6 Å². The van der Waals surface area contributed by atoms with E-state index in [4.69, 9.17) is 0 Å². The Labute approximate surface area is 102 Å². The van der Waals surface area contributed by atoms with Crippen LogP contribution in [0.2, 0.25) is 0 Å². The van der Waals surface area contributed by atoms with Crippen LogP contribution in [0.3, 0.4) is 0 Å². The minimum atomic E-state index is -0.950. The fourth-order valence-corrected chi connectivity index (χ4v) is 1.47. The fraction of sp³-hybridized carbons (Fsp3) is 0.167. The van der Waals surface area contributed by atoms with Crippen molar-refractivity contribution in [1.29, 1.82) is 0 Å². The Morgan fingerprint density at radius 3 is 2.78 bits per heavy atom. The summed E-state index contributed by atoms with van der Waals surface area (Å²) in [5.74, 6) is -2.14. The number of amides is 1. The maximum absolute atomic E-state index is 12.9. The SMILES string of the molecule is O=C(Cc1ccc(F)c(F)c1)NCc1ccn[nH]1. The molecule has 1 heterocycles. The van der Waals surface area contributed by atoms with Gasteiger partial charge in [-0.1, -0.05) is 6.07 Å². The molecule has 0 aliphatic heterocycles. The number of hydrogen-bond donors (Lipinski definition) is 2. The molecule has 0 bridgehead atoms. The summed E-state index contributed by atoms with van der Waals surface area (Å²) in [5, 5.41) is 9.08. The van der Waals surface area contributed by atoms with Crippen LogP contribution in [0.1, 0.15) is 11.3 Å². The Balaban J connectivity index is 1.88. The van der Waals surface area contributed by atoms with Gasteiger partial charge in [0.25, 0.3) is 0 Å². The first-order valence-electron chi connectivity index (χ1n) is 5.34. The van der Waals surface area contributed by atoms with Gasteiger partial charge in [0, 0.05) is 6.20 Å². The van der Waals surface area contributed by atoms with Gasteiger partial charge in [0.15, 0.2) is 11.6 Å². The first kappa shape index (κ1) is 12.2. The van der Waals surface area contributed by atoms with Gasteiger partial charge in [-0.25, -0.2) is 8.78 Å². The molecule has 0 aliphatic rings. The number of aromatic amines is 1. The summed E-state index contributed by atoms with van der Waals surface area (Å²) < 4.78 is 25.6. The highest BCUT2D eigenvalue weighted by atomic mass is 19.2. The van der Waals surface area contributed by atoms with Gasteiger partial charge in [0.1, 0.15) is 0 Å². The first-order valence-corrected chi connectivity index (χ1v) is 5.34. The summed E-state index contributed by atoms with van der Waals surface area (Å²) in [7, 11) is 0. The van der Waals surface area contributed by atoms with E-state index in [0.717, 1.165) is 17.8 Å². The second-order valence-corrected chi connectivity index (χ2v) is 3.78. The molecule has 0 aliphatic carbocycles. The Morgan fingerprint density at radius 1 is 1.28 bits per heavy atom. The lowest BCUT2D eigenvalue weighted by atomic mass is 10.1. The lowest BCUT2D eigenvalue weighted by Gasteiger charge is -2.04. The number of rotatable bonds is 4. The van der Waals surface area contributed by atoms with E-state index in [1.165, 1.54) is 6.07 Å². The van der Waals surface area contributed by atoms with Gasteiger partial charge in [-0.15, -0.1) is 0 Å². The van der Waals surface area contributed by atoms with Crippen molar-refractivity contribution in [2.24, 2.45) is 0 Å². The molecule has 18 heavy (non-hydrogen) atoms. The number of nitrogens with zero attached hydrogens (tertiary/aromatic N) is 1. The molecular formula is C12H11F2N3O. The van der Waals surface area contributed by atoms with Crippen LogP contribution in [0.25, 0.3) is 0 Å². The Bertz CT molecular complexity index is 540. The van der Waals surface area contributed by atoms with E-state index >= 15 is 0 Å². The van der Waals surface area contributed by atoms with Crippen molar-refractivity contribution in [3.63, 3.8) is 0 Å². The molecule has 0 radical (unpaired) electrons. The summed E-state index contributed by atoms with van der Waals surface area (Å²) in [6.45, 7) is 0.322. The predicted molar refractivity (Wildman–Crippen MR) is 60.5 cm³/mol. The first-order chi connectivity index (χ1) is 8.65. The number of hydrogen-bond acceptors (Lipinski definition) is 2. The van der Waals surface area contributed by atoms with Crippen molar-refractivity contribution in [2.45, 2.75) is 13.0 Å². The Morgan fingerprint density at radius 2 is 2.11 bits per heavy atom. The fourth-order valence-electron chi connectivity index (χ4n) is 1.47. The normalized spacial score (nSPS) is 10.3. The van der Waals surface area contributed by atoms with Crippen LogP contribution in [0.5, 0.6) is 0 Å². The molecule has 2 N–H and O–H groups in total. The monoisotopic (exact) mass is 251 g/mol. The molecular weight excluding hydrogens is 240 g/mol. The molecule has 0 atom stereocenters. The van der Waals surface area contributed by atoms with Crippen LogP contribution >= 0.6 is 0 Å². The van der Waals surface area contributed by atoms with Crippen molar-refractivity contribution in [3.05, 3.63) is 53.4 Å². The highest BCUT2D eigenvalue weighted by Crippen LogP contribution is 2.09. The molecule has 1 aromatic heterocycles. The van der Waals surface area contributed by atoms with Crippen LogP contribution < -0.4 is 5.32 Å². The van der Waals surface area contributed by atoms with Crippen LogP contribution in [0.15, 0.2) is 30.5 Å². The van der Waals surface area contributed by atoms with Gasteiger partial charge >= 0.3 is 0 Å². The standard InChI is InChI=1S/C12H11F2N3O/c13-10-2-1-8(5-11(10)14)6-12(18)15-7-9-3-4-16-17-9/h1-5H,6-7H2,(H,15,18)(H,16,17). The van der Waals surface area contributed by atoms with Crippen molar-refractivity contribution in [3.8, 4) is 0 Å². The maximum Gasteiger partial charge on any atom is 0.224 e. The number of H-pyrrole nitrogens is 1. The summed E-state index contributed by atoms with van der Waals surface area (Å²) in [6.07, 6.45) is 1.59. The minimum absolute atomic E-state index is 0.00529. The number of carbonyl (C=O) groups is 1. The Kier molecular flexibility index (Phi) is 3.66. The number of aromatic nitrogens is 2. The number of halogens is 2. The van der Waals surface area contributed by atoms with Gasteiger partial charge in [-0.2, -0.15) is 5.10 Å².